The molecule has 0 radical (unpaired) electrons. The molecule has 1 atom stereocenters. The van der Waals surface area contributed by atoms with E-state index in [1.54, 1.807) is 49.3 Å². The van der Waals surface area contributed by atoms with Crippen molar-refractivity contribution < 1.29 is 14.0 Å². The molecule has 0 saturated carbocycles. The van der Waals surface area contributed by atoms with Crippen molar-refractivity contribution in [1.82, 2.24) is 25.3 Å². The summed E-state index contributed by atoms with van der Waals surface area (Å²) in [5.74, 6) is -1.19. The van der Waals surface area contributed by atoms with Crippen LogP contribution in [0.2, 0.25) is 0 Å². The van der Waals surface area contributed by atoms with Crippen LogP contribution in [-0.4, -0.2) is 37.8 Å². The van der Waals surface area contributed by atoms with Gasteiger partial charge in [0.15, 0.2) is 0 Å². The first kappa shape index (κ1) is 20.5. The minimum absolute atomic E-state index is 0.290. The van der Waals surface area contributed by atoms with E-state index in [9.17, 15) is 14.0 Å². The number of hydrogen-bond donors (Lipinski definition) is 3. The summed E-state index contributed by atoms with van der Waals surface area (Å²) >= 11 is 0. The molecule has 8 nitrogen and oxygen atoms in total. The summed E-state index contributed by atoms with van der Waals surface area (Å²) in [7, 11) is 1.77. The van der Waals surface area contributed by atoms with Crippen LogP contribution in [0.25, 0.3) is 17.3 Å². The topological polar surface area (TPSA) is 105 Å². The molecule has 1 aromatic carbocycles. The molecule has 0 saturated heterocycles. The quantitative estimate of drug-likeness (QED) is 0.568. The first-order valence-corrected chi connectivity index (χ1v) is 10.1. The zero-order valence-electron chi connectivity index (χ0n) is 17.3. The average molecular weight is 422 g/mol. The number of aromatic nitrogens is 4. The molecule has 0 aliphatic heterocycles. The average Bonchev–Trinajstić information content (AvgIpc) is 3.39. The van der Waals surface area contributed by atoms with Gasteiger partial charge in [0, 0.05) is 41.3 Å². The molecule has 0 bridgehead atoms. The molecule has 160 valence electrons. The van der Waals surface area contributed by atoms with Gasteiger partial charge in [0.05, 0.1) is 11.9 Å². The smallest absolute Gasteiger partial charge is 0.247 e. The number of aryl methyl sites for hydroxylation is 2. The summed E-state index contributed by atoms with van der Waals surface area (Å²) in [5, 5.41) is 16.7. The highest BCUT2D eigenvalue weighted by atomic mass is 19.1. The fourth-order valence-electron chi connectivity index (χ4n) is 3.56. The van der Waals surface area contributed by atoms with Gasteiger partial charge in [-0.15, -0.1) is 0 Å². The van der Waals surface area contributed by atoms with Crippen molar-refractivity contribution in [2.45, 2.75) is 32.2 Å². The second-order valence-corrected chi connectivity index (χ2v) is 7.50. The number of aromatic amines is 1. The minimum atomic E-state index is -0.749. The monoisotopic (exact) mass is 422 g/mol. The molecular formula is C22H23FN6O2. The normalized spacial score (nSPS) is 13.8. The summed E-state index contributed by atoms with van der Waals surface area (Å²) in [5.41, 5.74) is 3.94. The van der Waals surface area contributed by atoms with Crippen molar-refractivity contribution in [3.05, 3.63) is 59.3 Å². The molecular weight excluding hydrogens is 399 g/mol. The molecule has 9 heteroatoms. The van der Waals surface area contributed by atoms with E-state index in [1.807, 2.05) is 0 Å². The number of anilines is 1. The van der Waals surface area contributed by atoms with Crippen LogP contribution in [0.15, 0.2) is 42.2 Å². The van der Waals surface area contributed by atoms with E-state index in [4.69, 9.17) is 0 Å². The predicted octanol–water partition coefficient (Wildman–Crippen LogP) is 2.81. The number of halogens is 1. The highest BCUT2D eigenvalue weighted by molar-refractivity contribution is 6.03. The van der Waals surface area contributed by atoms with E-state index in [0.29, 0.717) is 41.8 Å². The summed E-state index contributed by atoms with van der Waals surface area (Å²) in [6.07, 6.45) is 6.87. The van der Waals surface area contributed by atoms with Gasteiger partial charge in [-0.1, -0.05) is 6.92 Å². The molecule has 3 N–H and O–H groups in total. The lowest BCUT2D eigenvalue weighted by atomic mass is 9.97. The zero-order chi connectivity index (χ0) is 22.0. The molecule has 1 aliphatic carbocycles. The third-order valence-corrected chi connectivity index (χ3v) is 5.22. The van der Waals surface area contributed by atoms with Crippen molar-refractivity contribution in [3.63, 3.8) is 0 Å². The lowest BCUT2D eigenvalue weighted by molar-refractivity contribution is -0.124. The molecule has 0 spiro atoms. The molecule has 2 heterocycles. The fourth-order valence-corrected chi connectivity index (χ4v) is 3.56. The Hall–Kier alpha value is -3.75. The second-order valence-electron chi connectivity index (χ2n) is 7.50. The maximum atomic E-state index is 14.1. The Balaban J connectivity index is 1.46. The second kappa shape index (κ2) is 8.55. The van der Waals surface area contributed by atoms with Crippen LogP contribution in [0.3, 0.4) is 0 Å². The van der Waals surface area contributed by atoms with Crippen molar-refractivity contribution in [2.75, 3.05) is 5.32 Å². The number of nitrogens with one attached hydrogen (secondary N) is 3. The van der Waals surface area contributed by atoms with Crippen LogP contribution < -0.4 is 10.6 Å². The Bertz CT molecular complexity index is 1160. The van der Waals surface area contributed by atoms with Crippen LogP contribution >= 0.6 is 0 Å². The first-order chi connectivity index (χ1) is 14.9. The third-order valence-electron chi connectivity index (χ3n) is 5.22. The Morgan fingerprint density at radius 3 is 2.87 bits per heavy atom. The van der Waals surface area contributed by atoms with Crippen LogP contribution in [0.4, 0.5) is 10.1 Å². The van der Waals surface area contributed by atoms with Crippen LogP contribution in [0.1, 0.15) is 31.0 Å². The van der Waals surface area contributed by atoms with Crippen LogP contribution in [0, 0.1) is 5.82 Å². The van der Waals surface area contributed by atoms with Gasteiger partial charge in [-0.3, -0.25) is 19.4 Å². The van der Waals surface area contributed by atoms with Crippen LogP contribution in [-0.2, 0) is 23.1 Å². The maximum Gasteiger partial charge on any atom is 0.247 e. The van der Waals surface area contributed by atoms with E-state index >= 15 is 0 Å². The molecule has 2 amide bonds. The molecule has 2 aromatic heterocycles. The van der Waals surface area contributed by atoms with E-state index in [1.165, 1.54) is 12.1 Å². The van der Waals surface area contributed by atoms with Gasteiger partial charge in [0.1, 0.15) is 11.9 Å². The summed E-state index contributed by atoms with van der Waals surface area (Å²) in [6.45, 7) is 1.80. The van der Waals surface area contributed by atoms with Gasteiger partial charge in [-0.2, -0.15) is 10.2 Å². The van der Waals surface area contributed by atoms with Gasteiger partial charge in [-0.25, -0.2) is 4.39 Å². The summed E-state index contributed by atoms with van der Waals surface area (Å²) in [4.78, 5) is 25.5. The number of hydrogen-bond acceptors (Lipinski definition) is 4. The zero-order valence-corrected chi connectivity index (χ0v) is 17.3. The molecule has 4 rings (SSSR count). The summed E-state index contributed by atoms with van der Waals surface area (Å²) < 4.78 is 15.7. The molecule has 1 aliphatic rings. The molecule has 0 fully saturated rings. The predicted molar refractivity (Wildman–Crippen MR) is 114 cm³/mol. The van der Waals surface area contributed by atoms with Gasteiger partial charge in [0.2, 0.25) is 11.8 Å². The standard InChI is InChI=1S/C22H23FN6O2/c1-3-18(26-21(30)13-4-5-19-15(8-13)12-24-27-19)22(31)25-17-10-14(9-16(23)11-17)20-6-7-29(2)28-20/h6-12,18H,3-5H2,1-2H3,(H,24,27)(H,25,31)(H,26,30)/t18-/m1/s1. The Morgan fingerprint density at radius 2 is 2.13 bits per heavy atom. The number of benzene rings is 1. The largest absolute Gasteiger partial charge is 0.341 e. The highest BCUT2D eigenvalue weighted by Gasteiger charge is 2.23. The number of H-pyrrole nitrogens is 1. The van der Waals surface area contributed by atoms with Crippen molar-refractivity contribution in [2.24, 2.45) is 7.05 Å². The Morgan fingerprint density at radius 1 is 1.29 bits per heavy atom. The van der Waals surface area contributed by atoms with Gasteiger partial charge in [-0.05, 0) is 49.6 Å². The Labute approximate surface area is 178 Å². The first-order valence-electron chi connectivity index (χ1n) is 10.1. The maximum absolute atomic E-state index is 14.1. The van der Waals surface area contributed by atoms with Crippen molar-refractivity contribution >= 4 is 23.6 Å². The number of rotatable bonds is 6. The van der Waals surface area contributed by atoms with Gasteiger partial charge >= 0.3 is 0 Å². The minimum Gasteiger partial charge on any atom is -0.341 e. The molecule has 0 unspecified atom stereocenters. The number of amides is 2. The third kappa shape index (κ3) is 4.55. The number of nitrogens with zero attached hydrogens (tertiary/aromatic N) is 3. The highest BCUT2D eigenvalue weighted by Crippen LogP contribution is 2.24. The lowest BCUT2D eigenvalue weighted by Gasteiger charge is -2.19. The molecule has 3 aromatic rings. The van der Waals surface area contributed by atoms with Gasteiger partial charge < -0.3 is 10.6 Å². The van der Waals surface area contributed by atoms with E-state index < -0.39 is 17.8 Å². The van der Waals surface area contributed by atoms with Gasteiger partial charge in [0.25, 0.3) is 0 Å². The van der Waals surface area contributed by atoms with Crippen molar-refractivity contribution in [1.29, 1.82) is 0 Å². The summed E-state index contributed by atoms with van der Waals surface area (Å²) in [6, 6.07) is 5.26. The van der Waals surface area contributed by atoms with E-state index in [-0.39, 0.29) is 5.91 Å². The number of carbonyl (C=O) groups is 2. The Kier molecular flexibility index (Phi) is 5.66. The van der Waals surface area contributed by atoms with Crippen molar-refractivity contribution in [3.8, 4) is 11.3 Å². The lowest BCUT2D eigenvalue weighted by Crippen LogP contribution is -2.44. The van der Waals surface area contributed by atoms with E-state index in [0.717, 1.165) is 11.3 Å². The SMILES string of the molecule is CC[C@@H](NC(=O)C1=Cc2cn[nH]c2CC1)C(=O)Nc1cc(F)cc(-c2ccn(C)n2)c1. The fraction of sp³-hybridized carbons (Fsp3) is 0.273. The number of fused-ring (bicyclic) bond motifs is 1. The van der Waals surface area contributed by atoms with Crippen LogP contribution in [0.5, 0.6) is 0 Å². The van der Waals surface area contributed by atoms with E-state index in [2.05, 4.69) is 25.9 Å². The number of carbonyl (C=O) groups excluding carboxylic acids is 2. The molecule has 31 heavy (non-hydrogen) atoms.